The summed E-state index contributed by atoms with van der Waals surface area (Å²) in [6.45, 7) is 0.297. The molecule has 0 atom stereocenters. The summed E-state index contributed by atoms with van der Waals surface area (Å²) in [5.74, 6) is -1.51. The van der Waals surface area contributed by atoms with Gasteiger partial charge in [0.1, 0.15) is 0 Å². The Balaban J connectivity index is 2.27. The van der Waals surface area contributed by atoms with Crippen molar-refractivity contribution in [3.63, 3.8) is 0 Å². The molecule has 4 nitrogen and oxygen atoms in total. The van der Waals surface area contributed by atoms with Gasteiger partial charge >= 0.3 is 11.5 Å². The smallest absolute Gasteiger partial charge is 0.441 e. The molecule has 8 heteroatoms. The van der Waals surface area contributed by atoms with Crippen molar-refractivity contribution in [3.05, 3.63) is 23.7 Å². The molecule has 0 bridgehead atoms. The number of furan rings is 1. The SMILES string of the molecule is O=C(O)c1occc1CNCCSC(F)(F)F. The standard InChI is InChI=1S/C9H10F3NO3S/c10-9(11,12)17-4-2-13-5-6-1-3-16-7(6)8(14)15/h1,3,13H,2,4-5H2,(H,14,15). The number of rotatable bonds is 6. The molecule has 0 aromatic carbocycles. The molecule has 17 heavy (non-hydrogen) atoms. The largest absolute Gasteiger partial charge is 0.475 e. The quantitative estimate of drug-likeness (QED) is 0.776. The Morgan fingerprint density at radius 2 is 2.24 bits per heavy atom. The minimum Gasteiger partial charge on any atom is -0.475 e. The lowest BCUT2D eigenvalue weighted by Crippen LogP contribution is -2.19. The van der Waals surface area contributed by atoms with Crippen molar-refractivity contribution in [3.8, 4) is 0 Å². The Morgan fingerprint density at radius 1 is 1.53 bits per heavy atom. The van der Waals surface area contributed by atoms with E-state index in [9.17, 15) is 18.0 Å². The highest BCUT2D eigenvalue weighted by atomic mass is 32.2. The predicted octanol–water partition coefficient (Wildman–Crippen LogP) is 2.32. The third-order valence-electron chi connectivity index (χ3n) is 1.80. The van der Waals surface area contributed by atoms with Crippen LogP contribution in [0.15, 0.2) is 16.7 Å². The number of carboxylic acids is 1. The summed E-state index contributed by atoms with van der Waals surface area (Å²) in [7, 11) is 0. The average molecular weight is 269 g/mol. The molecule has 0 spiro atoms. The lowest BCUT2D eigenvalue weighted by atomic mass is 10.2. The van der Waals surface area contributed by atoms with Gasteiger partial charge in [-0.1, -0.05) is 0 Å². The number of hydrogen-bond donors (Lipinski definition) is 2. The Bertz CT molecular complexity index is 378. The van der Waals surface area contributed by atoms with Crippen LogP contribution in [0.3, 0.4) is 0 Å². The Labute approximate surface area is 99.2 Å². The summed E-state index contributed by atoms with van der Waals surface area (Å²) in [5.41, 5.74) is -3.82. The van der Waals surface area contributed by atoms with Crippen LogP contribution in [0.1, 0.15) is 16.1 Å². The first-order chi connectivity index (χ1) is 7.90. The Kier molecular flexibility index (Phi) is 4.88. The van der Waals surface area contributed by atoms with Crippen molar-refractivity contribution >= 4 is 17.7 Å². The van der Waals surface area contributed by atoms with E-state index in [0.29, 0.717) is 5.56 Å². The maximum atomic E-state index is 11.8. The normalized spacial score (nSPS) is 11.7. The molecule has 0 aliphatic heterocycles. The summed E-state index contributed by atoms with van der Waals surface area (Å²) in [4.78, 5) is 10.6. The van der Waals surface area contributed by atoms with Gasteiger partial charge in [0.05, 0.1) is 6.26 Å². The number of carbonyl (C=O) groups is 1. The number of hydrogen-bond acceptors (Lipinski definition) is 4. The molecule has 2 N–H and O–H groups in total. The molecule has 0 aliphatic carbocycles. The van der Waals surface area contributed by atoms with Crippen molar-refractivity contribution in [1.29, 1.82) is 0 Å². The second kappa shape index (κ2) is 5.97. The van der Waals surface area contributed by atoms with Crippen molar-refractivity contribution in [2.24, 2.45) is 0 Å². The number of nitrogens with one attached hydrogen (secondary N) is 1. The Morgan fingerprint density at radius 3 is 2.82 bits per heavy atom. The zero-order chi connectivity index (χ0) is 12.9. The molecule has 1 aromatic rings. The molecular weight excluding hydrogens is 259 g/mol. The second-order valence-corrected chi connectivity index (χ2v) is 4.21. The van der Waals surface area contributed by atoms with Crippen molar-refractivity contribution in [1.82, 2.24) is 5.32 Å². The molecular formula is C9H10F3NO3S. The van der Waals surface area contributed by atoms with Gasteiger partial charge < -0.3 is 14.8 Å². The summed E-state index contributed by atoms with van der Waals surface area (Å²) in [6.07, 6.45) is 1.23. The van der Waals surface area contributed by atoms with Gasteiger partial charge in [-0.05, 0) is 17.8 Å². The highest BCUT2D eigenvalue weighted by Gasteiger charge is 2.27. The molecule has 1 rings (SSSR count). The first kappa shape index (κ1) is 13.9. The van der Waals surface area contributed by atoms with Gasteiger partial charge in [-0.3, -0.25) is 0 Å². The van der Waals surface area contributed by atoms with Crippen LogP contribution < -0.4 is 5.32 Å². The molecule has 0 saturated carbocycles. The van der Waals surface area contributed by atoms with Gasteiger partial charge in [0, 0.05) is 24.4 Å². The number of carboxylic acid groups (broad SMARTS) is 1. The predicted molar refractivity (Wildman–Crippen MR) is 55.9 cm³/mol. The average Bonchev–Trinajstić information content (AvgIpc) is 2.63. The molecule has 0 fully saturated rings. The number of aromatic carboxylic acids is 1. The van der Waals surface area contributed by atoms with E-state index in [-0.39, 0.29) is 36.4 Å². The molecule has 0 saturated heterocycles. The van der Waals surface area contributed by atoms with E-state index in [4.69, 9.17) is 9.52 Å². The molecule has 1 aromatic heterocycles. The fraction of sp³-hybridized carbons (Fsp3) is 0.444. The molecule has 0 radical (unpaired) electrons. The third kappa shape index (κ3) is 5.14. The number of halogens is 3. The van der Waals surface area contributed by atoms with Gasteiger partial charge in [0.2, 0.25) is 5.76 Å². The van der Waals surface area contributed by atoms with E-state index in [1.165, 1.54) is 12.3 Å². The molecule has 1 heterocycles. The van der Waals surface area contributed by atoms with Gasteiger partial charge in [-0.25, -0.2) is 4.79 Å². The van der Waals surface area contributed by atoms with Crippen LogP contribution in [0.2, 0.25) is 0 Å². The Hall–Kier alpha value is -1.15. The highest BCUT2D eigenvalue weighted by Crippen LogP contribution is 2.29. The van der Waals surface area contributed by atoms with Crippen LogP contribution in [-0.4, -0.2) is 28.9 Å². The van der Waals surface area contributed by atoms with Crippen LogP contribution in [0, 0.1) is 0 Å². The number of alkyl halides is 3. The van der Waals surface area contributed by atoms with Gasteiger partial charge in [0.25, 0.3) is 0 Å². The fourth-order valence-corrected chi connectivity index (χ4v) is 1.60. The van der Waals surface area contributed by atoms with E-state index >= 15 is 0 Å². The van der Waals surface area contributed by atoms with E-state index in [2.05, 4.69) is 5.32 Å². The van der Waals surface area contributed by atoms with Crippen LogP contribution in [0.5, 0.6) is 0 Å². The molecule has 0 aliphatic rings. The topological polar surface area (TPSA) is 62.5 Å². The van der Waals surface area contributed by atoms with Crippen LogP contribution >= 0.6 is 11.8 Å². The monoisotopic (exact) mass is 269 g/mol. The highest BCUT2D eigenvalue weighted by molar-refractivity contribution is 8.00. The maximum absolute atomic E-state index is 11.8. The first-order valence-corrected chi connectivity index (χ1v) is 5.60. The van der Waals surface area contributed by atoms with Crippen molar-refractivity contribution in [2.45, 2.75) is 12.1 Å². The van der Waals surface area contributed by atoms with Crippen molar-refractivity contribution in [2.75, 3.05) is 12.3 Å². The zero-order valence-electron chi connectivity index (χ0n) is 8.58. The van der Waals surface area contributed by atoms with E-state index in [0.717, 1.165) is 0 Å². The summed E-state index contributed by atoms with van der Waals surface area (Å²) < 4.78 is 40.0. The van der Waals surface area contributed by atoms with Crippen LogP contribution in [-0.2, 0) is 6.54 Å². The van der Waals surface area contributed by atoms with E-state index < -0.39 is 11.5 Å². The van der Waals surface area contributed by atoms with Gasteiger partial charge in [0.15, 0.2) is 0 Å². The van der Waals surface area contributed by atoms with Crippen LogP contribution in [0.4, 0.5) is 13.2 Å². The first-order valence-electron chi connectivity index (χ1n) is 4.61. The molecule has 0 unspecified atom stereocenters. The third-order valence-corrected chi connectivity index (χ3v) is 2.54. The summed E-state index contributed by atoms with van der Waals surface area (Å²) in [6, 6.07) is 1.47. The lowest BCUT2D eigenvalue weighted by Gasteiger charge is -2.06. The minimum atomic E-state index is -4.23. The number of thioether (sulfide) groups is 1. The molecule has 96 valence electrons. The minimum absolute atomic E-state index is 0.121. The van der Waals surface area contributed by atoms with Crippen LogP contribution in [0.25, 0.3) is 0 Å². The van der Waals surface area contributed by atoms with E-state index in [1.54, 1.807) is 0 Å². The lowest BCUT2D eigenvalue weighted by molar-refractivity contribution is -0.0327. The summed E-state index contributed by atoms with van der Waals surface area (Å²) in [5, 5.41) is 11.4. The molecule has 0 amide bonds. The second-order valence-electron chi connectivity index (χ2n) is 3.05. The van der Waals surface area contributed by atoms with Gasteiger partial charge in [-0.2, -0.15) is 13.2 Å². The zero-order valence-corrected chi connectivity index (χ0v) is 9.40. The van der Waals surface area contributed by atoms with Gasteiger partial charge in [-0.15, -0.1) is 0 Å². The fourth-order valence-electron chi connectivity index (χ4n) is 1.12. The summed E-state index contributed by atoms with van der Waals surface area (Å²) >= 11 is -0.121. The van der Waals surface area contributed by atoms with Crippen molar-refractivity contribution < 1.29 is 27.5 Å². The van der Waals surface area contributed by atoms with E-state index in [1.807, 2.05) is 0 Å². The maximum Gasteiger partial charge on any atom is 0.441 e.